The number of fused-ring (bicyclic) bond motifs is 1. The fourth-order valence-corrected chi connectivity index (χ4v) is 4.00. The van der Waals surface area contributed by atoms with Crippen LogP contribution in [-0.2, 0) is 23.1 Å². The average Bonchev–Trinajstić information content (AvgIpc) is 2.92. The number of hydrogen-bond acceptors (Lipinski definition) is 3. The molecule has 0 aliphatic carbocycles. The maximum atomic E-state index is 12.7. The van der Waals surface area contributed by atoms with Gasteiger partial charge in [0.1, 0.15) is 10.6 Å². The van der Waals surface area contributed by atoms with Crippen molar-refractivity contribution in [2.24, 2.45) is 0 Å². The highest BCUT2D eigenvalue weighted by molar-refractivity contribution is 7.89. The zero-order chi connectivity index (χ0) is 14.2. The molecule has 0 radical (unpaired) electrons. The van der Waals surface area contributed by atoms with Crippen LogP contribution in [0.5, 0.6) is 5.75 Å². The van der Waals surface area contributed by atoms with E-state index < -0.39 is 10.0 Å². The molecule has 0 saturated heterocycles. The predicted molar refractivity (Wildman–Crippen MR) is 75.9 cm³/mol. The van der Waals surface area contributed by atoms with Crippen molar-refractivity contribution in [1.29, 1.82) is 0 Å². The van der Waals surface area contributed by atoms with Crippen molar-refractivity contribution in [3.63, 3.8) is 0 Å². The average molecular weight is 289 g/mol. The van der Waals surface area contributed by atoms with Crippen molar-refractivity contribution < 1.29 is 13.2 Å². The highest BCUT2D eigenvalue weighted by Gasteiger charge is 2.32. The summed E-state index contributed by atoms with van der Waals surface area (Å²) in [4.78, 5) is 0.218. The number of rotatable bonds is 3. The number of benzene rings is 2. The molecule has 0 atom stereocenters. The van der Waals surface area contributed by atoms with Crippen molar-refractivity contribution in [2.75, 3.05) is 7.11 Å². The SMILES string of the molecule is COc1ccccc1S(=O)(=O)N1Cc2ccccc2C1. The predicted octanol–water partition coefficient (Wildman–Crippen LogP) is 2.40. The Hall–Kier alpha value is -1.85. The lowest BCUT2D eigenvalue weighted by Crippen LogP contribution is -2.26. The van der Waals surface area contributed by atoms with E-state index in [1.807, 2.05) is 24.3 Å². The van der Waals surface area contributed by atoms with E-state index in [9.17, 15) is 8.42 Å². The molecule has 1 aliphatic heterocycles. The molecule has 2 aromatic rings. The van der Waals surface area contributed by atoms with Crippen molar-refractivity contribution >= 4 is 10.0 Å². The molecule has 0 amide bonds. The van der Waals surface area contributed by atoms with Crippen molar-refractivity contribution in [1.82, 2.24) is 4.31 Å². The Balaban J connectivity index is 1.99. The van der Waals surface area contributed by atoms with Crippen molar-refractivity contribution in [3.05, 3.63) is 59.7 Å². The van der Waals surface area contributed by atoms with Gasteiger partial charge in [-0.15, -0.1) is 0 Å². The van der Waals surface area contributed by atoms with Gasteiger partial charge in [0.05, 0.1) is 7.11 Å². The number of para-hydroxylation sites is 1. The first kappa shape index (κ1) is 13.1. The highest BCUT2D eigenvalue weighted by Crippen LogP contribution is 2.32. The third-order valence-electron chi connectivity index (χ3n) is 3.50. The number of sulfonamides is 1. The zero-order valence-corrected chi connectivity index (χ0v) is 11.9. The Morgan fingerprint density at radius 2 is 1.50 bits per heavy atom. The summed E-state index contributed by atoms with van der Waals surface area (Å²) in [5.41, 5.74) is 2.12. The van der Waals surface area contributed by atoms with Gasteiger partial charge >= 0.3 is 0 Å². The van der Waals surface area contributed by atoms with E-state index in [0.717, 1.165) is 11.1 Å². The van der Waals surface area contributed by atoms with E-state index in [-0.39, 0.29) is 4.90 Å². The molecule has 0 aromatic heterocycles. The van der Waals surface area contributed by atoms with Gasteiger partial charge in [-0.3, -0.25) is 0 Å². The molecule has 0 spiro atoms. The quantitative estimate of drug-likeness (QED) is 0.871. The second kappa shape index (κ2) is 4.92. The first-order valence-electron chi connectivity index (χ1n) is 6.33. The Labute approximate surface area is 118 Å². The van der Waals surface area contributed by atoms with E-state index in [4.69, 9.17) is 4.74 Å². The fourth-order valence-electron chi connectivity index (χ4n) is 2.44. The molecule has 0 saturated carbocycles. The molecule has 20 heavy (non-hydrogen) atoms. The van der Waals surface area contributed by atoms with Gasteiger partial charge in [-0.1, -0.05) is 36.4 Å². The number of nitrogens with zero attached hydrogens (tertiary/aromatic N) is 1. The van der Waals surface area contributed by atoms with Gasteiger partial charge in [0.25, 0.3) is 0 Å². The van der Waals surface area contributed by atoms with Gasteiger partial charge < -0.3 is 4.74 Å². The molecule has 2 aromatic carbocycles. The number of methoxy groups -OCH3 is 1. The molecule has 3 rings (SSSR count). The minimum atomic E-state index is -3.54. The lowest BCUT2D eigenvalue weighted by Gasteiger charge is -2.17. The van der Waals surface area contributed by atoms with Gasteiger partial charge in [-0.2, -0.15) is 4.31 Å². The van der Waals surface area contributed by atoms with Crippen molar-refractivity contribution in [3.8, 4) is 5.75 Å². The van der Waals surface area contributed by atoms with Gasteiger partial charge in [-0.05, 0) is 23.3 Å². The fraction of sp³-hybridized carbons (Fsp3) is 0.200. The summed E-state index contributed by atoms with van der Waals surface area (Å²) >= 11 is 0. The summed E-state index contributed by atoms with van der Waals surface area (Å²) in [6.07, 6.45) is 0. The van der Waals surface area contributed by atoms with Crippen LogP contribution in [0.3, 0.4) is 0 Å². The van der Waals surface area contributed by atoms with E-state index in [1.165, 1.54) is 11.4 Å². The molecule has 0 N–H and O–H groups in total. The summed E-state index contributed by atoms with van der Waals surface area (Å²) in [5.74, 6) is 0.378. The second-order valence-corrected chi connectivity index (χ2v) is 6.60. The minimum absolute atomic E-state index is 0.218. The lowest BCUT2D eigenvalue weighted by atomic mass is 10.1. The van der Waals surface area contributed by atoms with Crippen molar-refractivity contribution in [2.45, 2.75) is 18.0 Å². The number of hydrogen-bond donors (Lipinski definition) is 0. The monoisotopic (exact) mass is 289 g/mol. The molecule has 0 unspecified atom stereocenters. The molecule has 0 bridgehead atoms. The van der Waals surface area contributed by atoms with Crippen LogP contribution >= 0.6 is 0 Å². The first-order valence-corrected chi connectivity index (χ1v) is 7.77. The minimum Gasteiger partial charge on any atom is -0.495 e. The Bertz CT molecular complexity index is 715. The van der Waals surface area contributed by atoms with E-state index in [2.05, 4.69) is 0 Å². The van der Waals surface area contributed by atoms with Crippen LogP contribution in [0.4, 0.5) is 0 Å². The lowest BCUT2D eigenvalue weighted by molar-refractivity contribution is 0.393. The zero-order valence-electron chi connectivity index (χ0n) is 11.1. The van der Waals surface area contributed by atoms with Crippen LogP contribution in [0.1, 0.15) is 11.1 Å². The van der Waals surface area contributed by atoms with Crippen LogP contribution < -0.4 is 4.74 Å². The Morgan fingerprint density at radius 1 is 0.950 bits per heavy atom. The maximum absolute atomic E-state index is 12.7. The van der Waals surface area contributed by atoms with Gasteiger partial charge in [0.2, 0.25) is 10.0 Å². The van der Waals surface area contributed by atoms with E-state index >= 15 is 0 Å². The summed E-state index contributed by atoms with van der Waals surface area (Å²) < 4.78 is 32.1. The molecular formula is C15H15NO3S. The summed E-state index contributed by atoms with van der Waals surface area (Å²) in [7, 11) is -2.06. The third kappa shape index (κ3) is 2.09. The molecule has 0 fully saturated rings. The van der Waals surface area contributed by atoms with Gasteiger partial charge in [-0.25, -0.2) is 8.42 Å². The normalized spacial score (nSPS) is 15.1. The first-order chi connectivity index (χ1) is 9.63. The molecule has 1 heterocycles. The van der Waals surface area contributed by atoms with Gasteiger partial charge in [0.15, 0.2) is 0 Å². The smallest absolute Gasteiger partial charge is 0.247 e. The Kier molecular flexibility index (Phi) is 3.23. The van der Waals surface area contributed by atoms with E-state index in [0.29, 0.717) is 18.8 Å². The molecular weight excluding hydrogens is 274 g/mol. The van der Waals surface area contributed by atoms with Crippen LogP contribution in [0.2, 0.25) is 0 Å². The molecule has 104 valence electrons. The third-order valence-corrected chi connectivity index (χ3v) is 5.33. The van der Waals surface area contributed by atoms with Crippen LogP contribution in [0.15, 0.2) is 53.4 Å². The second-order valence-electron chi connectivity index (χ2n) is 4.69. The molecule has 1 aliphatic rings. The van der Waals surface area contributed by atoms with Crippen LogP contribution in [-0.4, -0.2) is 19.8 Å². The standard InChI is InChI=1S/C15H15NO3S/c1-19-14-8-4-5-9-15(14)20(17,18)16-10-12-6-2-3-7-13(12)11-16/h2-9H,10-11H2,1H3. The largest absolute Gasteiger partial charge is 0.495 e. The van der Waals surface area contributed by atoms with Crippen LogP contribution in [0.25, 0.3) is 0 Å². The number of ether oxygens (including phenoxy) is 1. The summed E-state index contributed by atoms with van der Waals surface area (Å²) in [6.45, 7) is 0.826. The van der Waals surface area contributed by atoms with Gasteiger partial charge in [0, 0.05) is 13.1 Å². The molecule has 4 nitrogen and oxygen atoms in total. The van der Waals surface area contributed by atoms with E-state index in [1.54, 1.807) is 24.3 Å². The molecule has 5 heteroatoms. The summed E-state index contributed by atoms with van der Waals surface area (Å²) in [6, 6.07) is 14.5. The highest BCUT2D eigenvalue weighted by atomic mass is 32.2. The topological polar surface area (TPSA) is 46.6 Å². The Morgan fingerprint density at radius 3 is 2.10 bits per heavy atom. The summed E-state index contributed by atoms with van der Waals surface area (Å²) in [5, 5.41) is 0. The maximum Gasteiger partial charge on any atom is 0.247 e. The van der Waals surface area contributed by atoms with Crippen LogP contribution in [0, 0.1) is 0 Å².